The molecule has 0 bridgehead atoms. The van der Waals surface area contributed by atoms with Gasteiger partial charge in [0.15, 0.2) is 0 Å². The molecule has 0 aliphatic heterocycles. The predicted octanol–water partition coefficient (Wildman–Crippen LogP) is 5.13. The maximum Gasteiger partial charge on any atom is 0.387 e. The van der Waals surface area contributed by atoms with E-state index in [0.29, 0.717) is 5.69 Å². The normalized spacial score (nSPS) is 10.5. The SMILES string of the molecule is O=C(NCc1ccc(OC(F)F)cc1)Nc1cc(Br)ccc1Br. The third-order valence-corrected chi connectivity index (χ3v) is 3.96. The molecule has 0 aliphatic rings. The van der Waals surface area contributed by atoms with Crippen molar-refractivity contribution in [3.05, 3.63) is 57.0 Å². The molecule has 0 saturated carbocycles. The van der Waals surface area contributed by atoms with E-state index in [9.17, 15) is 13.6 Å². The van der Waals surface area contributed by atoms with E-state index in [0.717, 1.165) is 14.5 Å². The van der Waals surface area contributed by atoms with Gasteiger partial charge in [-0.15, -0.1) is 0 Å². The van der Waals surface area contributed by atoms with E-state index in [1.165, 1.54) is 12.1 Å². The minimum atomic E-state index is -2.85. The zero-order valence-electron chi connectivity index (χ0n) is 11.7. The van der Waals surface area contributed by atoms with Gasteiger partial charge < -0.3 is 15.4 Å². The number of benzene rings is 2. The van der Waals surface area contributed by atoms with E-state index in [4.69, 9.17) is 0 Å². The Morgan fingerprint density at radius 1 is 1.13 bits per heavy atom. The summed E-state index contributed by atoms with van der Waals surface area (Å²) < 4.78 is 29.9. The van der Waals surface area contributed by atoms with Crippen molar-refractivity contribution in [3.8, 4) is 5.75 Å². The number of carbonyl (C=O) groups excluding carboxylic acids is 1. The number of anilines is 1. The molecule has 2 amide bonds. The molecule has 0 saturated heterocycles. The summed E-state index contributed by atoms with van der Waals surface area (Å²) in [6.07, 6.45) is 0. The molecule has 0 unspecified atom stereocenters. The summed E-state index contributed by atoms with van der Waals surface area (Å²) >= 11 is 6.67. The van der Waals surface area contributed by atoms with Gasteiger partial charge in [0.2, 0.25) is 0 Å². The topological polar surface area (TPSA) is 50.4 Å². The molecule has 2 aromatic carbocycles. The molecule has 2 N–H and O–H groups in total. The monoisotopic (exact) mass is 448 g/mol. The summed E-state index contributed by atoms with van der Waals surface area (Å²) in [6, 6.07) is 11.1. The van der Waals surface area contributed by atoms with Crippen molar-refractivity contribution in [2.75, 3.05) is 5.32 Å². The smallest absolute Gasteiger partial charge is 0.387 e. The molecule has 23 heavy (non-hydrogen) atoms. The molecule has 2 rings (SSSR count). The molecular formula is C15H12Br2F2N2O2. The number of amides is 2. The number of rotatable bonds is 5. The second kappa shape index (κ2) is 8.26. The van der Waals surface area contributed by atoms with Crippen LogP contribution in [0.3, 0.4) is 0 Å². The second-order valence-electron chi connectivity index (χ2n) is 4.45. The summed E-state index contributed by atoms with van der Waals surface area (Å²) in [6.45, 7) is -2.60. The summed E-state index contributed by atoms with van der Waals surface area (Å²) in [5.74, 6) is 0.0752. The van der Waals surface area contributed by atoms with Crippen molar-refractivity contribution in [2.45, 2.75) is 13.2 Å². The standard InChI is InChI=1S/C15H12Br2F2N2O2/c16-10-3-6-12(17)13(7-10)21-15(22)20-8-9-1-4-11(5-2-9)23-14(18)19/h1-7,14H,8H2,(H2,20,21,22). The van der Waals surface area contributed by atoms with Gasteiger partial charge in [0.1, 0.15) is 5.75 Å². The molecule has 0 heterocycles. The van der Waals surface area contributed by atoms with E-state index >= 15 is 0 Å². The van der Waals surface area contributed by atoms with E-state index < -0.39 is 6.61 Å². The van der Waals surface area contributed by atoms with Crippen LogP contribution in [0.1, 0.15) is 5.56 Å². The van der Waals surface area contributed by atoms with Gasteiger partial charge in [0, 0.05) is 15.5 Å². The second-order valence-corrected chi connectivity index (χ2v) is 6.22. The Hall–Kier alpha value is -1.67. The fraction of sp³-hybridized carbons (Fsp3) is 0.133. The highest BCUT2D eigenvalue weighted by Gasteiger charge is 2.07. The largest absolute Gasteiger partial charge is 0.435 e. The summed E-state index contributed by atoms with van der Waals surface area (Å²) in [5, 5.41) is 5.39. The fourth-order valence-corrected chi connectivity index (χ4v) is 2.44. The third kappa shape index (κ3) is 5.80. The van der Waals surface area contributed by atoms with Gasteiger partial charge in [-0.3, -0.25) is 0 Å². The molecule has 122 valence electrons. The minimum absolute atomic E-state index is 0.0752. The Morgan fingerprint density at radius 2 is 1.83 bits per heavy atom. The molecule has 2 aromatic rings. The number of urea groups is 1. The molecule has 0 spiro atoms. The average molecular weight is 450 g/mol. The Bertz CT molecular complexity index is 682. The molecular weight excluding hydrogens is 438 g/mol. The zero-order valence-corrected chi connectivity index (χ0v) is 14.8. The lowest BCUT2D eigenvalue weighted by Crippen LogP contribution is -2.28. The van der Waals surface area contributed by atoms with Crippen molar-refractivity contribution in [1.82, 2.24) is 5.32 Å². The van der Waals surface area contributed by atoms with Gasteiger partial charge in [-0.25, -0.2) is 4.79 Å². The fourth-order valence-electron chi connectivity index (χ4n) is 1.73. The van der Waals surface area contributed by atoms with Gasteiger partial charge in [-0.1, -0.05) is 28.1 Å². The number of nitrogens with one attached hydrogen (secondary N) is 2. The van der Waals surface area contributed by atoms with Crippen LogP contribution in [0.2, 0.25) is 0 Å². The highest BCUT2D eigenvalue weighted by Crippen LogP contribution is 2.26. The highest BCUT2D eigenvalue weighted by atomic mass is 79.9. The van der Waals surface area contributed by atoms with Gasteiger partial charge in [-0.2, -0.15) is 8.78 Å². The first-order chi connectivity index (χ1) is 10.9. The summed E-state index contributed by atoms with van der Waals surface area (Å²) in [4.78, 5) is 11.9. The summed E-state index contributed by atoms with van der Waals surface area (Å²) in [5.41, 5.74) is 1.38. The highest BCUT2D eigenvalue weighted by molar-refractivity contribution is 9.11. The van der Waals surface area contributed by atoms with Gasteiger partial charge >= 0.3 is 12.6 Å². The van der Waals surface area contributed by atoms with Crippen LogP contribution in [0.4, 0.5) is 19.3 Å². The lowest BCUT2D eigenvalue weighted by Gasteiger charge is -2.10. The van der Waals surface area contributed by atoms with Crippen molar-refractivity contribution in [3.63, 3.8) is 0 Å². The first-order valence-electron chi connectivity index (χ1n) is 6.47. The maximum atomic E-state index is 12.0. The van der Waals surface area contributed by atoms with E-state index in [1.54, 1.807) is 24.3 Å². The number of halogens is 4. The van der Waals surface area contributed by atoms with Crippen LogP contribution in [0, 0.1) is 0 Å². The number of alkyl halides is 2. The van der Waals surface area contributed by atoms with Crippen molar-refractivity contribution in [1.29, 1.82) is 0 Å². The molecule has 8 heteroatoms. The van der Waals surface area contributed by atoms with Crippen LogP contribution in [-0.2, 0) is 6.54 Å². The Labute approximate surface area is 148 Å². The van der Waals surface area contributed by atoms with Crippen LogP contribution in [0.5, 0.6) is 5.75 Å². The zero-order chi connectivity index (χ0) is 16.8. The quantitative estimate of drug-likeness (QED) is 0.664. The predicted molar refractivity (Wildman–Crippen MR) is 90.8 cm³/mol. The number of ether oxygens (including phenoxy) is 1. The van der Waals surface area contributed by atoms with Crippen molar-refractivity contribution in [2.24, 2.45) is 0 Å². The van der Waals surface area contributed by atoms with E-state index in [2.05, 4.69) is 47.2 Å². The molecule has 0 fully saturated rings. The molecule has 0 atom stereocenters. The van der Waals surface area contributed by atoms with Crippen LogP contribution in [-0.4, -0.2) is 12.6 Å². The van der Waals surface area contributed by atoms with Gasteiger partial charge in [0.25, 0.3) is 0 Å². The Balaban J connectivity index is 1.88. The summed E-state index contributed by atoms with van der Waals surface area (Å²) in [7, 11) is 0. The van der Waals surface area contributed by atoms with Gasteiger partial charge in [0.05, 0.1) is 5.69 Å². The average Bonchev–Trinajstić information content (AvgIpc) is 2.50. The van der Waals surface area contributed by atoms with Crippen LogP contribution in [0.25, 0.3) is 0 Å². The molecule has 0 radical (unpaired) electrons. The first-order valence-corrected chi connectivity index (χ1v) is 8.06. The maximum absolute atomic E-state index is 12.0. The van der Waals surface area contributed by atoms with E-state index in [-0.39, 0.29) is 18.3 Å². The van der Waals surface area contributed by atoms with Crippen LogP contribution in [0.15, 0.2) is 51.4 Å². The molecule has 0 aliphatic carbocycles. The van der Waals surface area contributed by atoms with Crippen molar-refractivity contribution < 1.29 is 18.3 Å². The first kappa shape index (κ1) is 17.7. The number of hydrogen-bond donors (Lipinski definition) is 2. The third-order valence-electron chi connectivity index (χ3n) is 2.78. The Kier molecular flexibility index (Phi) is 6.35. The lowest BCUT2D eigenvalue weighted by molar-refractivity contribution is -0.0498. The Morgan fingerprint density at radius 3 is 2.48 bits per heavy atom. The van der Waals surface area contributed by atoms with Crippen LogP contribution >= 0.6 is 31.9 Å². The molecule has 0 aromatic heterocycles. The number of hydrogen-bond acceptors (Lipinski definition) is 2. The minimum Gasteiger partial charge on any atom is -0.435 e. The van der Waals surface area contributed by atoms with Gasteiger partial charge in [-0.05, 0) is 51.8 Å². The van der Waals surface area contributed by atoms with Crippen molar-refractivity contribution >= 4 is 43.6 Å². The van der Waals surface area contributed by atoms with E-state index in [1.807, 2.05) is 6.07 Å². The number of carbonyl (C=O) groups is 1. The molecule has 4 nitrogen and oxygen atoms in total. The van der Waals surface area contributed by atoms with Crippen LogP contribution < -0.4 is 15.4 Å². The lowest BCUT2D eigenvalue weighted by atomic mass is 10.2.